The zero-order valence-corrected chi connectivity index (χ0v) is 9.01. The molecule has 1 rings (SSSR count). The first-order valence-electron chi connectivity index (χ1n) is 4.99. The standard InChI is InChI=1S/C11H16N2O2/c1-8(9(2)12)6-10-4-3-5-11(7-10)13(14)15/h3-5,7-9H,6,12H2,1-2H3. The van der Waals surface area contributed by atoms with Crippen molar-refractivity contribution in [2.45, 2.75) is 26.3 Å². The minimum atomic E-state index is -0.375. The lowest BCUT2D eigenvalue weighted by Gasteiger charge is -2.14. The highest BCUT2D eigenvalue weighted by Crippen LogP contribution is 2.17. The van der Waals surface area contributed by atoms with E-state index in [1.807, 2.05) is 19.9 Å². The molecule has 0 radical (unpaired) electrons. The molecule has 0 aliphatic rings. The maximum absolute atomic E-state index is 10.6. The molecule has 4 nitrogen and oxygen atoms in total. The Balaban J connectivity index is 2.78. The van der Waals surface area contributed by atoms with Crippen LogP contribution in [0, 0.1) is 16.0 Å². The van der Waals surface area contributed by atoms with Gasteiger partial charge in [-0.05, 0) is 24.8 Å². The fourth-order valence-electron chi connectivity index (χ4n) is 1.35. The molecule has 0 bridgehead atoms. The van der Waals surface area contributed by atoms with Crippen molar-refractivity contribution in [2.75, 3.05) is 0 Å². The van der Waals surface area contributed by atoms with Gasteiger partial charge in [0, 0.05) is 18.2 Å². The van der Waals surface area contributed by atoms with Gasteiger partial charge in [-0.15, -0.1) is 0 Å². The minimum Gasteiger partial charge on any atom is -0.328 e. The predicted octanol–water partition coefficient (Wildman–Crippen LogP) is 2.12. The molecular weight excluding hydrogens is 192 g/mol. The van der Waals surface area contributed by atoms with Crippen LogP contribution in [0.3, 0.4) is 0 Å². The number of nitrogens with zero attached hydrogens (tertiary/aromatic N) is 1. The average molecular weight is 208 g/mol. The Morgan fingerprint density at radius 2 is 2.13 bits per heavy atom. The fourth-order valence-corrected chi connectivity index (χ4v) is 1.35. The van der Waals surface area contributed by atoms with Gasteiger partial charge < -0.3 is 5.73 Å². The molecular formula is C11H16N2O2. The van der Waals surface area contributed by atoms with Crippen molar-refractivity contribution in [3.05, 3.63) is 39.9 Å². The summed E-state index contributed by atoms with van der Waals surface area (Å²) in [6.45, 7) is 3.99. The normalized spacial score (nSPS) is 14.6. The molecule has 2 unspecified atom stereocenters. The zero-order chi connectivity index (χ0) is 11.4. The number of nitro benzene ring substituents is 1. The van der Waals surface area contributed by atoms with E-state index in [1.165, 1.54) is 6.07 Å². The predicted molar refractivity (Wildman–Crippen MR) is 59.6 cm³/mol. The molecule has 15 heavy (non-hydrogen) atoms. The first-order chi connectivity index (χ1) is 7.00. The number of rotatable bonds is 4. The molecule has 0 heterocycles. The van der Waals surface area contributed by atoms with Crippen LogP contribution in [0.2, 0.25) is 0 Å². The van der Waals surface area contributed by atoms with E-state index in [0.29, 0.717) is 5.92 Å². The van der Waals surface area contributed by atoms with Crippen LogP contribution >= 0.6 is 0 Å². The Morgan fingerprint density at radius 3 is 2.67 bits per heavy atom. The number of benzene rings is 1. The third kappa shape index (κ3) is 3.32. The summed E-state index contributed by atoms with van der Waals surface area (Å²) < 4.78 is 0. The smallest absolute Gasteiger partial charge is 0.269 e. The zero-order valence-electron chi connectivity index (χ0n) is 9.01. The monoisotopic (exact) mass is 208 g/mol. The Kier molecular flexibility index (Phi) is 3.80. The summed E-state index contributed by atoms with van der Waals surface area (Å²) in [6.07, 6.45) is 0.777. The maximum atomic E-state index is 10.6. The highest BCUT2D eigenvalue weighted by molar-refractivity contribution is 5.34. The molecule has 2 N–H and O–H groups in total. The van der Waals surface area contributed by atoms with E-state index < -0.39 is 0 Å². The first kappa shape index (κ1) is 11.7. The first-order valence-corrected chi connectivity index (χ1v) is 4.99. The van der Waals surface area contributed by atoms with E-state index >= 15 is 0 Å². The van der Waals surface area contributed by atoms with E-state index in [2.05, 4.69) is 0 Å². The topological polar surface area (TPSA) is 69.2 Å². The minimum absolute atomic E-state index is 0.101. The van der Waals surface area contributed by atoms with E-state index in [0.717, 1.165) is 12.0 Å². The highest BCUT2D eigenvalue weighted by atomic mass is 16.6. The molecule has 4 heteroatoms. The number of non-ortho nitro benzene ring substituents is 1. The van der Waals surface area contributed by atoms with Gasteiger partial charge in [-0.1, -0.05) is 19.1 Å². The Hall–Kier alpha value is -1.42. The highest BCUT2D eigenvalue weighted by Gasteiger charge is 2.11. The van der Waals surface area contributed by atoms with Crippen LogP contribution in [-0.2, 0) is 6.42 Å². The Labute approximate surface area is 89.2 Å². The molecule has 1 aromatic carbocycles. The largest absolute Gasteiger partial charge is 0.328 e. The summed E-state index contributed by atoms with van der Waals surface area (Å²) in [5.74, 6) is 0.326. The van der Waals surface area contributed by atoms with Crippen LogP contribution < -0.4 is 5.73 Å². The average Bonchev–Trinajstić information content (AvgIpc) is 2.18. The van der Waals surface area contributed by atoms with Gasteiger partial charge in [0.25, 0.3) is 5.69 Å². The third-order valence-corrected chi connectivity index (χ3v) is 2.58. The molecule has 0 aromatic heterocycles. The Morgan fingerprint density at radius 1 is 1.47 bits per heavy atom. The van der Waals surface area contributed by atoms with Crippen LogP contribution in [0.25, 0.3) is 0 Å². The second kappa shape index (κ2) is 4.89. The van der Waals surface area contributed by atoms with Gasteiger partial charge in [0.15, 0.2) is 0 Å². The Bertz CT molecular complexity index is 350. The van der Waals surface area contributed by atoms with Crippen molar-refractivity contribution in [2.24, 2.45) is 11.7 Å². The molecule has 0 amide bonds. The lowest BCUT2D eigenvalue weighted by molar-refractivity contribution is -0.384. The van der Waals surface area contributed by atoms with E-state index in [4.69, 9.17) is 5.73 Å². The van der Waals surface area contributed by atoms with Crippen LogP contribution in [0.1, 0.15) is 19.4 Å². The quantitative estimate of drug-likeness (QED) is 0.608. The van der Waals surface area contributed by atoms with Gasteiger partial charge in [-0.25, -0.2) is 0 Å². The summed E-state index contributed by atoms with van der Waals surface area (Å²) in [4.78, 5) is 10.2. The molecule has 0 saturated carbocycles. The van der Waals surface area contributed by atoms with Gasteiger partial charge >= 0.3 is 0 Å². The van der Waals surface area contributed by atoms with Crippen molar-refractivity contribution in [1.29, 1.82) is 0 Å². The summed E-state index contributed by atoms with van der Waals surface area (Å²) in [5, 5.41) is 10.6. The van der Waals surface area contributed by atoms with Crippen molar-refractivity contribution in [3.8, 4) is 0 Å². The molecule has 0 fully saturated rings. The molecule has 82 valence electrons. The maximum Gasteiger partial charge on any atom is 0.269 e. The number of hydrogen-bond donors (Lipinski definition) is 1. The number of nitro groups is 1. The van der Waals surface area contributed by atoms with Gasteiger partial charge in [0.2, 0.25) is 0 Å². The molecule has 0 aliphatic heterocycles. The SMILES string of the molecule is CC(N)C(C)Cc1cccc([N+](=O)[O-])c1. The molecule has 2 atom stereocenters. The third-order valence-electron chi connectivity index (χ3n) is 2.58. The van der Waals surface area contributed by atoms with E-state index in [9.17, 15) is 10.1 Å². The lowest BCUT2D eigenvalue weighted by Crippen LogP contribution is -2.25. The second-order valence-electron chi connectivity index (χ2n) is 3.97. The van der Waals surface area contributed by atoms with Crippen molar-refractivity contribution in [1.82, 2.24) is 0 Å². The van der Waals surface area contributed by atoms with Gasteiger partial charge in [-0.3, -0.25) is 10.1 Å². The van der Waals surface area contributed by atoms with E-state index in [1.54, 1.807) is 12.1 Å². The number of hydrogen-bond acceptors (Lipinski definition) is 3. The van der Waals surface area contributed by atoms with Crippen molar-refractivity contribution >= 4 is 5.69 Å². The van der Waals surface area contributed by atoms with E-state index in [-0.39, 0.29) is 16.7 Å². The molecule has 0 aliphatic carbocycles. The van der Waals surface area contributed by atoms with Crippen molar-refractivity contribution < 1.29 is 4.92 Å². The number of nitrogens with two attached hydrogens (primary N) is 1. The second-order valence-corrected chi connectivity index (χ2v) is 3.97. The van der Waals surface area contributed by atoms with Gasteiger partial charge in [0.05, 0.1) is 4.92 Å². The summed E-state index contributed by atoms with van der Waals surface area (Å²) >= 11 is 0. The fraction of sp³-hybridized carbons (Fsp3) is 0.455. The van der Waals surface area contributed by atoms with Gasteiger partial charge in [0.1, 0.15) is 0 Å². The van der Waals surface area contributed by atoms with Crippen molar-refractivity contribution in [3.63, 3.8) is 0 Å². The van der Waals surface area contributed by atoms with Crippen LogP contribution in [0.15, 0.2) is 24.3 Å². The lowest BCUT2D eigenvalue weighted by atomic mass is 9.95. The van der Waals surface area contributed by atoms with Gasteiger partial charge in [-0.2, -0.15) is 0 Å². The van der Waals surface area contributed by atoms with Crippen LogP contribution in [0.4, 0.5) is 5.69 Å². The summed E-state index contributed by atoms with van der Waals surface area (Å²) in [7, 11) is 0. The summed E-state index contributed by atoms with van der Waals surface area (Å²) in [6, 6.07) is 6.82. The molecule has 0 spiro atoms. The van der Waals surface area contributed by atoms with Crippen LogP contribution in [-0.4, -0.2) is 11.0 Å². The van der Waals surface area contributed by atoms with Crippen LogP contribution in [0.5, 0.6) is 0 Å². The molecule has 0 saturated heterocycles. The summed E-state index contributed by atoms with van der Waals surface area (Å²) in [5.41, 5.74) is 6.86. The molecule has 1 aromatic rings.